The second-order valence-electron chi connectivity index (χ2n) is 10.9. The molecule has 0 aromatic rings. The standard InChI is InChI=1S/C30H46O5/c1-21(2)9-6-10-22(3)11-7-12-24(20-33)26-15-17-30(28(26)34)27(13-8-18-31)25(23(4)19-32)14-16-29(30,5)35/h7,9,11-12,19,26-28,31,33-35H,3,6,8,10,13-18,20H2,1-2,4-5H3/t26-,27+,28+,29-,30-/m0/s1. The molecule has 2 fully saturated rings. The first-order valence-corrected chi connectivity index (χ1v) is 13.0. The SMILES string of the molecule is C=C(C=CC=C(CO)[C@@H]1CC[C@]2([C@H](CCCO)C(=C(C)C=O)CC[C@]2(C)O)[C@@H]1O)CCC=C(C)C. The van der Waals surface area contributed by atoms with E-state index in [-0.39, 0.29) is 25.0 Å². The van der Waals surface area contributed by atoms with Crippen LogP contribution in [0.3, 0.4) is 0 Å². The predicted octanol–water partition coefficient (Wildman–Crippen LogP) is 4.97. The average Bonchev–Trinajstić information content (AvgIpc) is 3.15. The Labute approximate surface area is 211 Å². The number of aliphatic hydroxyl groups is 4. The average molecular weight is 487 g/mol. The summed E-state index contributed by atoms with van der Waals surface area (Å²) in [6, 6.07) is 0. The summed E-state index contributed by atoms with van der Waals surface area (Å²) in [5.74, 6) is -0.489. The number of hydrogen-bond donors (Lipinski definition) is 4. The molecule has 0 heterocycles. The first kappa shape index (κ1) is 29.4. The fourth-order valence-electron chi connectivity index (χ4n) is 6.39. The summed E-state index contributed by atoms with van der Waals surface area (Å²) in [5, 5.41) is 43.1. The van der Waals surface area contributed by atoms with E-state index in [9.17, 15) is 25.2 Å². The lowest BCUT2D eigenvalue weighted by Gasteiger charge is -2.55. The molecule has 1 spiro atoms. The second kappa shape index (κ2) is 13.0. The van der Waals surface area contributed by atoms with Gasteiger partial charge in [0.15, 0.2) is 0 Å². The van der Waals surface area contributed by atoms with E-state index in [2.05, 4.69) is 26.5 Å². The number of allylic oxidation sites excluding steroid dienone is 8. The zero-order valence-electron chi connectivity index (χ0n) is 22.1. The van der Waals surface area contributed by atoms with Crippen molar-refractivity contribution >= 4 is 6.29 Å². The molecule has 0 bridgehead atoms. The molecule has 35 heavy (non-hydrogen) atoms. The lowest BCUT2D eigenvalue weighted by atomic mass is 9.52. The minimum absolute atomic E-state index is 0.0196. The van der Waals surface area contributed by atoms with Gasteiger partial charge in [0, 0.05) is 17.9 Å². The molecule has 2 rings (SSSR count). The fourth-order valence-corrected chi connectivity index (χ4v) is 6.39. The molecule has 0 aliphatic heterocycles. The van der Waals surface area contributed by atoms with Gasteiger partial charge in [-0.3, -0.25) is 4.79 Å². The first-order chi connectivity index (χ1) is 16.6. The van der Waals surface area contributed by atoms with Gasteiger partial charge in [0.05, 0.1) is 18.3 Å². The third-order valence-electron chi connectivity index (χ3n) is 8.36. The highest BCUT2D eigenvalue weighted by atomic mass is 16.3. The summed E-state index contributed by atoms with van der Waals surface area (Å²) < 4.78 is 0. The van der Waals surface area contributed by atoms with Crippen molar-refractivity contribution in [1.82, 2.24) is 0 Å². The third kappa shape index (κ3) is 6.51. The van der Waals surface area contributed by atoms with Crippen molar-refractivity contribution in [2.24, 2.45) is 17.3 Å². The number of carbonyl (C=O) groups is 1. The lowest BCUT2D eigenvalue weighted by Crippen LogP contribution is -2.59. The van der Waals surface area contributed by atoms with Crippen molar-refractivity contribution in [3.05, 3.63) is 58.7 Å². The normalized spacial score (nSPS) is 32.8. The Kier molecular flexibility index (Phi) is 10.9. The lowest BCUT2D eigenvalue weighted by molar-refractivity contribution is -0.167. The third-order valence-corrected chi connectivity index (χ3v) is 8.36. The van der Waals surface area contributed by atoms with E-state index in [1.807, 2.05) is 18.2 Å². The van der Waals surface area contributed by atoms with Crippen LogP contribution in [-0.4, -0.2) is 51.6 Å². The minimum Gasteiger partial charge on any atom is -0.396 e. The topological polar surface area (TPSA) is 98.0 Å². The van der Waals surface area contributed by atoms with Crippen LogP contribution in [0.25, 0.3) is 0 Å². The van der Waals surface area contributed by atoms with Gasteiger partial charge in [-0.05, 0) is 96.1 Å². The van der Waals surface area contributed by atoms with Crippen LogP contribution in [0.1, 0.15) is 79.1 Å². The molecular formula is C30H46O5. The summed E-state index contributed by atoms with van der Waals surface area (Å²) in [7, 11) is 0. The Hall–Kier alpha value is -1.79. The van der Waals surface area contributed by atoms with Gasteiger partial charge < -0.3 is 20.4 Å². The Morgan fingerprint density at radius 2 is 1.91 bits per heavy atom. The van der Waals surface area contributed by atoms with Crippen molar-refractivity contribution in [2.45, 2.75) is 90.8 Å². The number of aliphatic hydroxyl groups excluding tert-OH is 3. The van der Waals surface area contributed by atoms with E-state index in [1.54, 1.807) is 13.8 Å². The Morgan fingerprint density at radius 1 is 1.20 bits per heavy atom. The molecule has 2 saturated carbocycles. The summed E-state index contributed by atoms with van der Waals surface area (Å²) >= 11 is 0. The van der Waals surface area contributed by atoms with Crippen molar-refractivity contribution in [2.75, 3.05) is 13.2 Å². The molecule has 2 aliphatic carbocycles. The van der Waals surface area contributed by atoms with Gasteiger partial charge in [0.2, 0.25) is 0 Å². The van der Waals surface area contributed by atoms with Crippen LogP contribution in [0.5, 0.6) is 0 Å². The van der Waals surface area contributed by atoms with Gasteiger partial charge in [-0.2, -0.15) is 0 Å². The van der Waals surface area contributed by atoms with E-state index >= 15 is 0 Å². The maximum atomic E-state index is 11.8. The summed E-state index contributed by atoms with van der Waals surface area (Å²) in [5.41, 5.74) is 2.71. The van der Waals surface area contributed by atoms with Gasteiger partial charge in [0.1, 0.15) is 6.29 Å². The minimum atomic E-state index is -1.12. The molecule has 0 aromatic carbocycles. The molecular weight excluding hydrogens is 440 g/mol. The van der Waals surface area contributed by atoms with Crippen molar-refractivity contribution in [3.63, 3.8) is 0 Å². The maximum absolute atomic E-state index is 11.8. The monoisotopic (exact) mass is 486 g/mol. The van der Waals surface area contributed by atoms with Crippen LogP contribution in [0.2, 0.25) is 0 Å². The Bertz CT molecular complexity index is 871. The Balaban J connectivity index is 2.35. The molecule has 0 radical (unpaired) electrons. The zero-order valence-corrected chi connectivity index (χ0v) is 22.1. The highest BCUT2D eigenvalue weighted by Gasteiger charge is 2.63. The molecule has 0 aromatic heterocycles. The van der Waals surface area contributed by atoms with E-state index in [1.165, 1.54) is 5.57 Å². The van der Waals surface area contributed by atoms with Crippen LogP contribution in [0.4, 0.5) is 0 Å². The number of rotatable bonds is 11. The van der Waals surface area contributed by atoms with Crippen molar-refractivity contribution in [1.29, 1.82) is 0 Å². The molecule has 0 amide bonds. The molecule has 0 unspecified atom stereocenters. The first-order valence-electron chi connectivity index (χ1n) is 13.0. The highest BCUT2D eigenvalue weighted by molar-refractivity contribution is 5.74. The maximum Gasteiger partial charge on any atom is 0.145 e. The molecule has 5 heteroatoms. The molecule has 2 aliphatic rings. The molecule has 5 atom stereocenters. The Morgan fingerprint density at radius 3 is 2.51 bits per heavy atom. The van der Waals surface area contributed by atoms with Crippen LogP contribution >= 0.6 is 0 Å². The smallest absolute Gasteiger partial charge is 0.145 e. The zero-order chi connectivity index (χ0) is 26.2. The van der Waals surface area contributed by atoms with E-state index in [0.717, 1.165) is 35.8 Å². The predicted molar refractivity (Wildman–Crippen MR) is 142 cm³/mol. The summed E-state index contributed by atoms with van der Waals surface area (Å²) in [6.07, 6.45) is 13.1. The quantitative estimate of drug-likeness (QED) is 0.143. The summed E-state index contributed by atoms with van der Waals surface area (Å²) in [6.45, 7) is 11.7. The molecule has 196 valence electrons. The van der Waals surface area contributed by atoms with Gasteiger partial charge in [-0.25, -0.2) is 0 Å². The highest BCUT2D eigenvalue weighted by Crippen LogP contribution is 2.62. The largest absolute Gasteiger partial charge is 0.396 e. The van der Waals surface area contributed by atoms with E-state index in [4.69, 9.17) is 0 Å². The van der Waals surface area contributed by atoms with E-state index < -0.39 is 17.1 Å². The molecule has 0 saturated heterocycles. The van der Waals surface area contributed by atoms with Gasteiger partial charge in [-0.15, -0.1) is 0 Å². The number of carbonyl (C=O) groups excluding carboxylic acids is 1. The van der Waals surface area contributed by atoms with Gasteiger partial charge in [0.25, 0.3) is 0 Å². The summed E-state index contributed by atoms with van der Waals surface area (Å²) in [4.78, 5) is 11.7. The number of hydrogen-bond acceptors (Lipinski definition) is 5. The molecule has 5 nitrogen and oxygen atoms in total. The van der Waals surface area contributed by atoms with Crippen LogP contribution in [-0.2, 0) is 4.79 Å². The van der Waals surface area contributed by atoms with Crippen molar-refractivity contribution in [3.8, 4) is 0 Å². The van der Waals surface area contributed by atoms with Crippen molar-refractivity contribution < 1.29 is 25.2 Å². The van der Waals surface area contributed by atoms with Crippen LogP contribution in [0, 0.1) is 17.3 Å². The number of aldehydes is 1. The van der Waals surface area contributed by atoms with Crippen LogP contribution in [0.15, 0.2) is 58.7 Å². The van der Waals surface area contributed by atoms with Gasteiger partial charge in [-0.1, -0.05) is 47.6 Å². The van der Waals surface area contributed by atoms with E-state index in [0.29, 0.717) is 44.1 Å². The fraction of sp³-hybridized carbons (Fsp3) is 0.633. The van der Waals surface area contributed by atoms with Gasteiger partial charge >= 0.3 is 0 Å². The molecule has 4 N–H and O–H groups in total. The second-order valence-corrected chi connectivity index (χ2v) is 10.9. The van der Waals surface area contributed by atoms with Crippen LogP contribution < -0.4 is 0 Å².